The van der Waals surface area contributed by atoms with Gasteiger partial charge in [0.2, 0.25) is 5.91 Å². The monoisotopic (exact) mass is 351 g/mol. The first kappa shape index (κ1) is 17.2. The SMILES string of the molecule is CC(NC(=O)c1ccc(Cl)cc1Cl)C(=O)NCc1cccnc1. The van der Waals surface area contributed by atoms with Crippen LogP contribution in [0.5, 0.6) is 0 Å². The highest BCUT2D eigenvalue weighted by Crippen LogP contribution is 2.20. The van der Waals surface area contributed by atoms with Gasteiger partial charge in [-0.25, -0.2) is 0 Å². The van der Waals surface area contributed by atoms with Crippen LogP contribution in [-0.4, -0.2) is 22.8 Å². The summed E-state index contributed by atoms with van der Waals surface area (Å²) in [6.45, 7) is 1.94. The molecule has 0 aliphatic heterocycles. The molecule has 7 heteroatoms. The van der Waals surface area contributed by atoms with Gasteiger partial charge in [0.1, 0.15) is 6.04 Å². The number of nitrogens with one attached hydrogen (secondary N) is 2. The number of carbonyl (C=O) groups is 2. The largest absolute Gasteiger partial charge is 0.350 e. The summed E-state index contributed by atoms with van der Waals surface area (Å²) in [5.74, 6) is -0.733. The Labute approximate surface area is 144 Å². The van der Waals surface area contributed by atoms with Gasteiger partial charge in [-0.15, -0.1) is 0 Å². The number of hydrogen-bond donors (Lipinski definition) is 2. The van der Waals surface area contributed by atoms with E-state index in [9.17, 15) is 9.59 Å². The van der Waals surface area contributed by atoms with Gasteiger partial charge in [0.25, 0.3) is 5.91 Å². The van der Waals surface area contributed by atoms with Crippen molar-refractivity contribution in [2.75, 3.05) is 0 Å². The molecule has 1 aromatic heterocycles. The van der Waals surface area contributed by atoms with Gasteiger partial charge in [0.15, 0.2) is 0 Å². The number of pyridine rings is 1. The third-order valence-electron chi connectivity index (χ3n) is 3.11. The van der Waals surface area contributed by atoms with Crippen molar-refractivity contribution < 1.29 is 9.59 Å². The molecule has 0 bridgehead atoms. The van der Waals surface area contributed by atoms with Gasteiger partial charge in [0, 0.05) is 24.0 Å². The summed E-state index contributed by atoms with van der Waals surface area (Å²) in [5.41, 5.74) is 1.14. The molecule has 0 spiro atoms. The maximum atomic E-state index is 12.1. The van der Waals surface area contributed by atoms with Crippen molar-refractivity contribution in [1.29, 1.82) is 0 Å². The summed E-state index contributed by atoms with van der Waals surface area (Å²) < 4.78 is 0. The molecule has 2 N–H and O–H groups in total. The first-order valence-corrected chi connectivity index (χ1v) is 7.65. The number of aromatic nitrogens is 1. The molecule has 0 aliphatic carbocycles. The molecule has 0 aliphatic rings. The van der Waals surface area contributed by atoms with Gasteiger partial charge in [-0.1, -0.05) is 29.3 Å². The fourth-order valence-electron chi connectivity index (χ4n) is 1.86. The molecule has 5 nitrogen and oxygen atoms in total. The average molecular weight is 352 g/mol. The number of amides is 2. The van der Waals surface area contributed by atoms with Crippen molar-refractivity contribution in [3.8, 4) is 0 Å². The molecule has 1 aromatic carbocycles. The minimum Gasteiger partial charge on any atom is -0.350 e. The second-order valence-corrected chi connectivity index (χ2v) is 5.74. The second-order valence-electron chi connectivity index (χ2n) is 4.90. The number of hydrogen-bond acceptors (Lipinski definition) is 3. The number of rotatable bonds is 5. The second kappa shape index (κ2) is 7.94. The Morgan fingerprint density at radius 1 is 1.26 bits per heavy atom. The van der Waals surface area contributed by atoms with Gasteiger partial charge in [0.05, 0.1) is 10.6 Å². The van der Waals surface area contributed by atoms with Crippen LogP contribution in [0.4, 0.5) is 0 Å². The van der Waals surface area contributed by atoms with E-state index in [-0.39, 0.29) is 16.5 Å². The highest BCUT2D eigenvalue weighted by atomic mass is 35.5. The van der Waals surface area contributed by atoms with E-state index in [1.807, 2.05) is 6.07 Å². The Morgan fingerprint density at radius 3 is 2.70 bits per heavy atom. The van der Waals surface area contributed by atoms with Crippen LogP contribution in [0.1, 0.15) is 22.8 Å². The standard InChI is InChI=1S/C16H15Cl2N3O2/c1-10(15(22)20-9-11-3-2-6-19-8-11)21-16(23)13-5-4-12(17)7-14(13)18/h2-8,10H,9H2,1H3,(H,20,22)(H,21,23). The smallest absolute Gasteiger partial charge is 0.253 e. The Balaban J connectivity index is 1.91. The number of carbonyl (C=O) groups excluding carboxylic acids is 2. The number of benzene rings is 1. The Hall–Kier alpha value is -2.11. The van der Waals surface area contributed by atoms with Crippen molar-refractivity contribution in [3.63, 3.8) is 0 Å². The predicted molar refractivity (Wildman–Crippen MR) is 89.5 cm³/mol. The first-order chi connectivity index (χ1) is 11.0. The third kappa shape index (κ3) is 4.94. The predicted octanol–water partition coefficient (Wildman–Crippen LogP) is 2.82. The minimum atomic E-state index is -0.703. The molecule has 0 saturated heterocycles. The van der Waals surface area contributed by atoms with E-state index >= 15 is 0 Å². The van der Waals surface area contributed by atoms with E-state index in [0.29, 0.717) is 11.6 Å². The van der Waals surface area contributed by atoms with Crippen LogP contribution < -0.4 is 10.6 Å². The Kier molecular flexibility index (Phi) is 5.96. The summed E-state index contributed by atoms with van der Waals surface area (Å²) in [5, 5.41) is 6.00. The Bertz CT molecular complexity index is 708. The first-order valence-electron chi connectivity index (χ1n) is 6.90. The van der Waals surface area contributed by atoms with E-state index in [4.69, 9.17) is 23.2 Å². The van der Waals surface area contributed by atoms with E-state index in [1.165, 1.54) is 12.1 Å². The van der Waals surface area contributed by atoms with E-state index in [0.717, 1.165) is 5.56 Å². The van der Waals surface area contributed by atoms with Gasteiger partial charge in [-0.2, -0.15) is 0 Å². The molecule has 2 rings (SSSR count). The van der Waals surface area contributed by atoms with Crippen LogP contribution in [0.25, 0.3) is 0 Å². The van der Waals surface area contributed by atoms with Gasteiger partial charge in [-0.05, 0) is 36.8 Å². The van der Waals surface area contributed by atoms with Gasteiger partial charge >= 0.3 is 0 Å². The number of halogens is 2. The lowest BCUT2D eigenvalue weighted by Gasteiger charge is -2.14. The minimum absolute atomic E-state index is 0.234. The fourth-order valence-corrected chi connectivity index (χ4v) is 2.35. The van der Waals surface area contributed by atoms with Crippen LogP contribution in [0.2, 0.25) is 10.0 Å². The van der Waals surface area contributed by atoms with Gasteiger partial charge < -0.3 is 10.6 Å². The molecule has 1 heterocycles. The number of nitrogens with zero attached hydrogens (tertiary/aromatic N) is 1. The summed E-state index contributed by atoms with van der Waals surface area (Å²) in [4.78, 5) is 28.1. The molecule has 0 radical (unpaired) electrons. The maximum Gasteiger partial charge on any atom is 0.253 e. The van der Waals surface area contributed by atoms with Crippen molar-refractivity contribution in [2.24, 2.45) is 0 Å². The molecular formula is C16H15Cl2N3O2. The molecule has 2 amide bonds. The molecule has 0 fully saturated rings. The van der Waals surface area contributed by atoms with E-state index < -0.39 is 11.9 Å². The maximum absolute atomic E-state index is 12.1. The summed E-state index contributed by atoms with van der Waals surface area (Å²) in [6, 6.07) is 7.49. The van der Waals surface area contributed by atoms with E-state index in [1.54, 1.807) is 31.5 Å². The molecule has 120 valence electrons. The zero-order valence-corrected chi connectivity index (χ0v) is 13.9. The van der Waals surface area contributed by atoms with Crippen LogP contribution in [0, 0.1) is 0 Å². The average Bonchev–Trinajstić information content (AvgIpc) is 2.53. The quantitative estimate of drug-likeness (QED) is 0.869. The topological polar surface area (TPSA) is 71.1 Å². The zero-order valence-electron chi connectivity index (χ0n) is 12.3. The molecular weight excluding hydrogens is 337 g/mol. The molecule has 0 saturated carbocycles. The van der Waals surface area contributed by atoms with Crippen molar-refractivity contribution in [2.45, 2.75) is 19.5 Å². The Morgan fingerprint density at radius 2 is 2.04 bits per heavy atom. The molecule has 2 aromatic rings. The highest BCUT2D eigenvalue weighted by Gasteiger charge is 2.18. The van der Waals surface area contributed by atoms with Crippen LogP contribution in [0.15, 0.2) is 42.7 Å². The van der Waals surface area contributed by atoms with Crippen LogP contribution in [-0.2, 0) is 11.3 Å². The highest BCUT2D eigenvalue weighted by molar-refractivity contribution is 6.36. The molecule has 1 unspecified atom stereocenters. The molecule has 23 heavy (non-hydrogen) atoms. The lowest BCUT2D eigenvalue weighted by molar-refractivity contribution is -0.122. The van der Waals surface area contributed by atoms with Crippen molar-refractivity contribution >= 4 is 35.0 Å². The van der Waals surface area contributed by atoms with Gasteiger partial charge in [-0.3, -0.25) is 14.6 Å². The van der Waals surface area contributed by atoms with Crippen molar-refractivity contribution in [3.05, 3.63) is 63.9 Å². The van der Waals surface area contributed by atoms with E-state index in [2.05, 4.69) is 15.6 Å². The zero-order chi connectivity index (χ0) is 16.8. The fraction of sp³-hybridized carbons (Fsp3) is 0.188. The molecule has 1 atom stereocenters. The third-order valence-corrected chi connectivity index (χ3v) is 3.65. The summed E-state index contributed by atoms with van der Waals surface area (Å²) in [7, 11) is 0. The van der Waals surface area contributed by atoms with Crippen LogP contribution >= 0.6 is 23.2 Å². The lowest BCUT2D eigenvalue weighted by Crippen LogP contribution is -2.44. The lowest BCUT2D eigenvalue weighted by atomic mass is 10.2. The normalized spacial score (nSPS) is 11.6. The summed E-state index contributed by atoms with van der Waals surface area (Å²) in [6.07, 6.45) is 3.32. The summed E-state index contributed by atoms with van der Waals surface area (Å²) >= 11 is 11.8. The van der Waals surface area contributed by atoms with Crippen LogP contribution in [0.3, 0.4) is 0 Å². The van der Waals surface area contributed by atoms with Crippen molar-refractivity contribution in [1.82, 2.24) is 15.6 Å².